The molecule has 0 bridgehead atoms. The van der Waals surface area contributed by atoms with Crippen molar-refractivity contribution in [3.63, 3.8) is 0 Å². The van der Waals surface area contributed by atoms with Gasteiger partial charge in [0.15, 0.2) is 6.61 Å². The fourth-order valence-corrected chi connectivity index (χ4v) is 1.64. The van der Waals surface area contributed by atoms with E-state index < -0.39 is 5.97 Å². The first-order chi connectivity index (χ1) is 8.54. The minimum absolute atomic E-state index is 0.0986. The maximum absolute atomic E-state index is 11.3. The van der Waals surface area contributed by atoms with Crippen molar-refractivity contribution in [1.82, 2.24) is 5.32 Å². The number of nitrogens with one attached hydrogen (secondary N) is 1. The van der Waals surface area contributed by atoms with E-state index in [0.717, 1.165) is 6.42 Å². The molecule has 0 radical (unpaired) electrons. The summed E-state index contributed by atoms with van der Waals surface area (Å²) in [5, 5.41) is 11.6. The molecule has 98 valence electrons. The topological polar surface area (TPSA) is 75.6 Å². The maximum Gasteiger partial charge on any atom is 0.336 e. The van der Waals surface area contributed by atoms with Crippen molar-refractivity contribution in [2.45, 2.75) is 13.3 Å². The summed E-state index contributed by atoms with van der Waals surface area (Å²) >= 11 is 3.13. The van der Waals surface area contributed by atoms with Gasteiger partial charge in [-0.25, -0.2) is 4.79 Å². The van der Waals surface area contributed by atoms with Crippen molar-refractivity contribution in [2.75, 3.05) is 13.2 Å². The summed E-state index contributed by atoms with van der Waals surface area (Å²) in [7, 11) is 0. The molecular formula is C12H14BrNO4. The van der Waals surface area contributed by atoms with Crippen LogP contribution in [-0.4, -0.2) is 30.1 Å². The van der Waals surface area contributed by atoms with Crippen LogP contribution in [0.25, 0.3) is 0 Å². The van der Waals surface area contributed by atoms with E-state index >= 15 is 0 Å². The van der Waals surface area contributed by atoms with Gasteiger partial charge in [-0.3, -0.25) is 4.79 Å². The summed E-state index contributed by atoms with van der Waals surface area (Å²) in [6.07, 6.45) is 0.854. The second kappa shape index (κ2) is 7.00. The number of rotatable bonds is 6. The van der Waals surface area contributed by atoms with E-state index in [1.165, 1.54) is 6.07 Å². The number of halogens is 1. The number of aromatic carboxylic acids is 1. The number of hydrogen-bond donors (Lipinski definition) is 2. The van der Waals surface area contributed by atoms with Crippen LogP contribution in [0.4, 0.5) is 0 Å². The Bertz CT molecular complexity index is 448. The van der Waals surface area contributed by atoms with Gasteiger partial charge in [0.1, 0.15) is 5.75 Å². The molecule has 0 saturated carbocycles. The van der Waals surface area contributed by atoms with E-state index in [4.69, 9.17) is 9.84 Å². The van der Waals surface area contributed by atoms with E-state index in [9.17, 15) is 9.59 Å². The third-order valence-electron chi connectivity index (χ3n) is 2.11. The van der Waals surface area contributed by atoms with E-state index in [-0.39, 0.29) is 18.1 Å². The van der Waals surface area contributed by atoms with Crippen molar-refractivity contribution in [3.05, 3.63) is 28.2 Å². The largest absolute Gasteiger partial charge is 0.484 e. The van der Waals surface area contributed by atoms with Crippen LogP contribution in [0, 0.1) is 0 Å². The first kappa shape index (κ1) is 14.5. The number of carboxylic acids is 1. The number of carbonyl (C=O) groups is 2. The molecular weight excluding hydrogens is 302 g/mol. The van der Waals surface area contributed by atoms with Gasteiger partial charge >= 0.3 is 5.97 Å². The summed E-state index contributed by atoms with van der Waals surface area (Å²) in [6, 6.07) is 4.55. The van der Waals surface area contributed by atoms with Crippen LogP contribution >= 0.6 is 15.9 Å². The highest BCUT2D eigenvalue weighted by molar-refractivity contribution is 9.10. The van der Waals surface area contributed by atoms with Crippen molar-refractivity contribution >= 4 is 27.8 Å². The molecule has 0 aliphatic rings. The molecule has 0 saturated heterocycles. The summed E-state index contributed by atoms with van der Waals surface area (Å²) < 4.78 is 5.68. The average molecular weight is 316 g/mol. The van der Waals surface area contributed by atoms with Crippen molar-refractivity contribution in [2.24, 2.45) is 0 Å². The lowest BCUT2D eigenvalue weighted by Gasteiger charge is -2.08. The molecule has 0 aromatic heterocycles. The highest BCUT2D eigenvalue weighted by atomic mass is 79.9. The summed E-state index contributed by atoms with van der Waals surface area (Å²) in [4.78, 5) is 22.2. The van der Waals surface area contributed by atoms with Crippen LogP contribution in [0.5, 0.6) is 5.75 Å². The number of amides is 1. The normalized spacial score (nSPS) is 9.89. The van der Waals surface area contributed by atoms with Gasteiger partial charge in [-0.1, -0.05) is 6.92 Å². The Morgan fingerprint density at radius 3 is 2.78 bits per heavy atom. The second-order valence-corrected chi connectivity index (χ2v) is 4.44. The molecule has 6 heteroatoms. The van der Waals surface area contributed by atoms with Gasteiger partial charge in [0.05, 0.1) is 5.56 Å². The number of benzene rings is 1. The molecule has 1 aromatic rings. The molecule has 5 nitrogen and oxygen atoms in total. The molecule has 0 heterocycles. The Kier molecular flexibility index (Phi) is 5.64. The average Bonchev–Trinajstić information content (AvgIpc) is 2.35. The molecule has 1 aromatic carbocycles. The smallest absolute Gasteiger partial charge is 0.336 e. The zero-order valence-electron chi connectivity index (χ0n) is 9.90. The predicted molar refractivity (Wildman–Crippen MR) is 69.9 cm³/mol. The molecule has 1 rings (SSSR count). The molecule has 2 N–H and O–H groups in total. The van der Waals surface area contributed by atoms with Gasteiger partial charge in [0.2, 0.25) is 0 Å². The monoisotopic (exact) mass is 315 g/mol. The van der Waals surface area contributed by atoms with Crippen molar-refractivity contribution in [3.8, 4) is 5.75 Å². The molecule has 0 spiro atoms. The first-order valence-electron chi connectivity index (χ1n) is 5.47. The van der Waals surface area contributed by atoms with Gasteiger partial charge < -0.3 is 15.2 Å². The molecule has 0 aliphatic carbocycles. The standard InChI is InChI=1S/C12H14BrNO4/c1-2-5-14-11(15)7-18-8-3-4-10(13)9(6-8)12(16)17/h3-4,6H,2,5,7H2,1H3,(H,14,15)(H,16,17). The van der Waals surface area contributed by atoms with Gasteiger partial charge in [-0.15, -0.1) is 0 Å². The molecule has 0 atom stereocenters. The zero-order chi connectivity index (χ0) is 13.5. The van der Waals surface area contributed by atoms with Crippen LogP contribution in [-0.2, 0) is 4.79 Å². The number of hydrogen-bond acceptors (Lipinski definition) is 3. The van der Waals surface area contributed by atoms with Gasteiger partial charge in [-0.2, -0.15) is 0 Å². The quantitative estimate of drug-likeness (QED) is 0.842. The molecule has 0 aliphatic heterocycles. The van der Waals surface area contributed by atoms with Crippen molar-refractivity contribution < 1.29 is 19.4 Å². The highest BCUT2D eigenvalue weighted by Gasteiger charge is 2.10. The fourth-order valence-electron chi connectivity index (χ4n) is 1.22. The maximum atomic E-state index is 11.3. The Morgan fingerprint density at radius 2 is 2.17 bits per heavy atom. The van der Waals surface area contributed by atoms with E-state index in [0.29, 0.717) is 16.8 Å². The lowest BCUT2D eigenvalue weighted by atomic mass is 10.2. The van der Waals surface area contributed by atoms with Crippen LogP contribution in [0.1, 0.15) is 23.7 Å². The van der Waals surface area contributed by atoms with Crippen LogP contribution in [0.2, 0.25) is 0 Å². The lowest BCUT2D eigenvalue weighted by Crippen LogP contribution is -2.29. The minimum Gasteiger partial charge on any atom is -0.484 e. The number of ether oxygens (including phenoxy) is 1. The molecule has 18 heavy (non-hydrogen) atoms. The van der Waals surface area contributed by atoms with Crippen LogP contribution < -0.4 is 10.1 Å². The van der Waals surface area contributed by atoms with E-state index in [2.05, 4.69) is 21.2 Å². The Balaban J connectivity index is 2.60. The molecule has 1 amide bonds. The Hall–Kier alpha value is -1.56. The van der Waals surface area contributed by atoms with Gasteiger partial charge in [0, 0.05) is 11.0 Å². The molecule has 0 fully saturated rings. The third-order valence-corrected chi connectivity index (χ3v) is 2.80. The zero-order valence-corrected chi connectivity index (χ0v) is 11.5. The summed E-state index contributed by atoms with van der Waals surface area (Å²) in [6.45, 7) is 2.43. The van der Waals surface area contributed by atoms with Gasteiger partial charge in [-0.05, 0) is 40.5 Å². The van der Waals surface area contributed by atoms with E-state index in [1.54, 1.807) is 12.1 Å². The highest BCUT2D eigenvalue weighted by Crippen LogP contribution is 2.22. The Labute approximate surface area is 113 Å². The molecule has 0 unspecified atom stereocenters. The van der Waals surface area contributed by atoms with Crippen LogP contribution in [0.15, 0.2) is 22.7 Å². The SMILES string of the molecule is CCCNC(=O)COc1ccc(Br)c(C(=O)O)c1. The van der Waals surface area contributed by atoms with Crippen molar-refractivity contribution in [1.29, 1.82) is 0 Å². The summed E-state index contributed by atoms with van der Waals surface area (Å²) in [5.74, 6) is -0.929. The Morgan fingerprint density at radius 1 is 1.44 bits per heavy atom. The fraction of sp³-hybridized carbons (Fsp3) is 0.333. The lowest BCUT2D eigenvalue weighted by molar-refractivity contribution is -0.123. The third kappa shape index (κ3) is 4.37. The number of carbonyl (C=O) groups excluding carboxylic acids is 1. The first-order valence-corrected chi connectivity index (χ1v) is 6.26. The van der Waals surface area contributed by atoms with Gasteiger partial charge in [0.25, 0.3) is 5.91 Å². The van der Waals surface area contributed by atoms with Crippen LogP contribution in [0.3, 0.4) is 0 Å². The summed E-state index contributed by atoms with van der Waals surface area (Å²) in [5.41, 5.74) is 0.0986. The van der Waals surface area contributed by atoms with E-state index in [1.807, 2.05) is 6.92 Å². The predicted octanol–water partition coefficient (Wildman–Crippen LogP) is 2.05. The second-order valence-electron chi connectivity index (χ2n) is 3.59. The number of carboxylic acid groups (broad SMARTS) is 1. The minimum atomic E-state index is -1.05.